The molecule has 1 N–H and O–H groups in total. The highest BCUT2D eigenvalue weighted by Crippen LogP contribution is 2.27. The normalized spacial score (nSPS) is 10.8. The number of halogens is 1. The number of benzene rings is 1. The molecule has 0 aliphatic carbocycles. The molecule has 124 valence electrons. The summed E-state index contributed by atoms with van der Waals surface area (Å²) in [5.74, 6) is 0.543. The molecule has 0 saturated heterocycles. The first-order valence-electron chi connectivity index (χ1n) is 7.58. The number of nitrogens with one attached hydrogen (secondary N) is 1. The summed E-state index contributed by atoms with van der Waals surface area (Å²) in [5.41, 5.74) is 1.75. The van der Waals surface area contributed by atoms with Crippen LogP contribution in [-0.2, 0) is 11.8 Å². The maximum Gasteiger partial charge on any atom is 0.240 e. The Kier molecular flexibility index (Phi) is 5.10. The van der Waals surface area contributed by atoms with Gasteiger partial charge in [0.2, 0.25) is 11.8 Å². The van der Waals surface area contributed by atoms with E-state index in [1.54, 1.807) is 29.2 Å². The summed E-state index contributed by atoms with van der Waals surface area (Å²) in [6.45, 7) is 0.433. The van der Waals surface area contributed by atoms with E-state index < -0.39 is 0 Å². The van der Waals surface area contributed by atoms with Gasteiger partial charge in [-0.25, -0.2) is 0 Å². The Morgan fingerprint density at radius 1 is 1.29 bits per heavy atom. The molecular weight excluding hydrogens is 372 g/mol. The highest BCUT2D eigenvalue weighted by molar-refractivity contribution is 9.10. The number of rotatable bonds is 6. The second kappa shape index (κ2) is 7.44. The molecule has 0 saturated carbocycles. The van der Waals surface area contributed by atoms with Gasteiger partial charge in [0.1, 0.15) is 0 Å². The predicted molar refractivity (Wildman–Crippen MR) is 96.0 cm³/mol. The Balaban J connectivity index is 1.52. The molecule has 1 amide bonds. The molecule has 3 rings (SSSR count). The van der Waals surface area contributed by atoms with Crippen LogP contribution in [0, 0.1) is 0 Å². The van der Waals surface area contributed by atoms with Crippen LogP contribution in [0.1, 0.15) is 12.8 Å². The van der Waals surface area contributed by atoms with Crippen molar-refractivity contribution < 1.29 is 9.53 Å². The fourth-order valence-electron chi connectivity index (χ4n) is 2.37. The monoisotopic (exact) mass is 388 g/mol. The van der Waals surface area contributed by atoms with E-state index in [0.29, 0.717) is 25.3 Å². The number of fused-ring (bicyclic) bond motifs is 1. The van der Waals surface area contributed by atoms with Gasteiger partial charge < -0.3 is 10.1 Å². The summed E-state index contributed by atoms with van der Waals surface area (Å²) < 4.78 is 8.51. The third-order valence-corrected chi connectivity index (χ3v) is 4.02. The number of carbonyl (C=O) groups excluding carboxylic acids is 1. The second-order valence-corrected chi connectivity index (χ2v) is 6.24. The average Bonchev–Trinajstić information content (AvgIpc) is 2.88. The van der Waals surface area contributed by atoms with Gasteiger partial charge >= 0.3 is 0 Å². The number of pyridine rings is 1. The lowest BCUT2D eigenvalue weighted by molar-refractivity contribution is -0.116. The van der Waals surface area contributed by atoms with Crippen LogP contribution in [0.15, 0.2) is 47.2 Å². The molecular formula is C17H17BrN4O2. The van der Waals surface area contributed by atoms with Crippen molar-refractivity contribution in [2.45, 2.75) is 12.8 Å². The molecule has 0 aliphatic rings. The zero-order chi connectivity index (χ0) is 16.9. The third-order valence-electron chi connectivity index (χ3n) is 3.53. The van der Waals surface area contributed by atoms with Crippen LogP contribution in [0.3, 0.4) is 0 Å². The van der Waals surface area contributed by atoms with Gasteiger partial charge in [0.15, 0.2) is 0 Å². The van der Waals surface area contributed by atoms with E-state index >= 15 is 0 Å². The fourth-order valence-corrected chi connectivity index (χ4v) is 2.73. The Labute approximate surface area is 148 Å². The number of hydrogen-bond acceptors (Lipinski definition) is 4. The molecule has 0 radical (unpaired) electrons. The number of carbonyl (C=O) groups is 1. The lowest BCUT2D eigenvalue weighted by Gasteiger charge is -2.05. The summed E-state index contributed by atoms with van der Waals surface area (Å²) in [7, 11) is 1.88. The van der Waals surface area contributed by atoms with Crippen LogP contribution in [0.25, 0.3) is 10.9 Å². The van der Waals surface area contributed by atoms with E-state index in [2.05, 4.69) is 31.3 Å². The molecule has 7 heteroatoms. The molecule has 0 bridgehead atoms. The van der Waals surface area contributed by atoms with Gasteiger partial charge in [-0.05, 0) is 36.8 Å². The second-order valence-electron chi connectivity index (χ2n) is 5.33. The first-order valence-corrected chi connectivity index (χ1v) is 8.38. The largest absolute Gasteiger partial charge is 0.476 e. The van der Waals surface area contributed by atoms with Crippen molar-refractivity contribution in [2.75, 3.05) is 11.9 Å². The topological polar surface area (TPSA) is 69.0 Å². The van der Waals surface area contributed by atoms with Gasteiger partial charge in [0, 0.05) is 36.0 Å². The minimum absolute atomic E-state index is 0.0431. The summed E-state index contributed by atoms with van der Waals surface area (Å²) >= 11 is 3.46. The first kappa shape index (κ1) is 16.4. The zero-order valence-electron chi connectivity index (χ0n) is 13.2. The number of amides is 1. The summed E-state index contributed by atoms with van der Waals surface area (Å²) in [5, 5.41) is 8.15. The SMILES string of the molecule is Cn1nc(OCCCC(=O)Nc2ccncc2)c2cc(Br)ccc21. The van der Waals surface area contributed by atoms with E-state index in [1.165, 1.54) is 0 Å². The predicted octanol–water partition coefficient (Wildman–Crippen LogP) is 3.53. The minimum Gasteiger partial charge on any atom is -0.476 e. The summed E-state index contributed by atoms with van der Waals surface area (Å²) in [4.78, 5) is 15.8. The van der Waals surface area contributed by atoms with Crippen LogP contribution in [-0.4, -0.2) is 27.3 Å². The van der Waals surface area contributed by atoms with Crippen LogP contribution >= 0.6 is 15.9 Å². The maximum atomic E-state index is 11.9. The maximum absolute atomic E-state index is 11.9. The lowest BCUT2D eigenvalue weighted by atomic mass is 10.2. The lowest BCUT2D eigenvalue weighted by Crippen LogP contribution is -2.12. The van der Waals surface area contributed by atoms with Gasteiger partial charge in [-0.15, -0.1) is 5.10 Å². The Hall–Kier alpha value is -2.41. The van der Waals surface area contributed by atoms with E-state index in [-0.39, 0.29) is 5.91 Å². The highest BCUT2D eigenvalue weighted by Gasteiger charge is 2.10. The molecule has 24 heavy (non-hydrogen) atoms. The van der Waals surface area contributed by atoms with Crippen LogP contribution < -0.4 is 10.1 Å². The smallest absolute Gasteiger partial charge is 0.240 e. The van der Waals surface area contributed by atoms with Crippen molar-refractivity contribution in [1.29, 1.82) is 0 Å². The van der Waals surface area contributed by atoms with Gasteiger partial charge in [0.05, 0.1) is 17.5 Å². The highest BCUT2D eigenvalue weighted by atomic mass is 79.9. The van der Waals surface area contributed by atoms with Crippen LogP contribution in [0.2, 0.25) is 0 Å². The van der Waals surface area contributed by atoms with Crippen molar-refractivity contribution in [3.63, 3.8) is 0 Å². The van der Waals surface area contributed by atoms with Crippen molar-refractivity contribution in [3.05, 3.63) is 47.2 Å². The average molecular weight is 389 g/mol. The van der Waals surface area contributed by atoms with E-state index in [9.17, 15) is 4.79 Å². The van der Waals surface area contributed by atoms with Gasteiger partial charge in [0.25, 0.3) is 0 Å². The van der Waals surface area contributed by atoms with Gasteiger partial charge in [-0.2, -0.15) is 0 Å². The number of nitrogens with zero attached hydrogens (tertiary/aromatic N) is 3. The van der Waals surface area contributed by atoms with Crippen LogP contribution in [0.5, 0.6) is 5.88 Å². The molecule has 0 unspecified atom stereocenters. The molecule has 3 aromatic rings. The number of ether oxygens (including phenoxy) is 1. The number of hydrogen-bond donors (Lipinski definition) is 1. The number of aromatic nitrogens is 3. The molecule has 2 aromatic heterocycles. The molecule has 0 spiro atoms. The molecule has 0 aliphatic heterocycles. The van der Waals surface area contributed by atoms with E-state index in [1.807, 2.05) is 25.2 Å². The zero-order valence-corrected chi connectivity index (χ0v) is 14.8. The van der Waals surface area contributed by atoms with Crippen molar-refractivity contribution in [3.8, 4) is 5.88 Å². The van der Waals surface area contributed by atoms with Gasteiger partial charge in [-0.1, -0.05) is 15.9 Å². The van der Waals surface area contributed by atoms with Gasteiger partial charge in [-0.3, -0.25) is 14.5 Å². The third kappa shape index (κ3) is 3.91. The van der Waals surface area contributed by atoms with Crippen molar-refractivity contribution in [2.24, 2.45) is 7.05 Å². The summed E-state index contributed by atoms with van der Waals surface area (Å²) in [6, 6.07) is 9.45. The number of aryl methyl sites for hydroxylation is 1. The minimum atomic E-state index is -0.0431. The van der Waals surface area contributed by atoms with Crippen LogP contribution in [0.4, 0.5) is 5.69 Å². The van der Waals surface area contributed by atoms with Crippen molar-refractivity contribution >= 4 is 38.4 Å². The summed E-state index contributed by atoms with van der Waals surface area (Å²) in [6.07, 6.45) is 4.28. The quantitative estimate of drug-likeness (QED) is 0.655. The Bertz CT molecular complexity index is 848. The fraction of sp³-hybridized carbons (Fsp3) is 0.235. The molecule has 0 fully saturated rings. The Morgan fingerprint density at radius 3 is 2.88 bits per heavy atom. The molecule has 1 aromatic carbocycles. The van der Waals surface area contributed by atoms with E-state index in [0.717, 1.165) is 21.1 Å². The number of anilines is 1. The molecule has 6 nitrogen and oxygen atoms in total. The van der Waals surface area contributed by atoms with Crippen molar-refractivity contribution in [1.82, 2.24) is 14.8 Å². The Morgan fingerprint density at radius 2 is 2.08 bits per heavy atom. The standard InChI is InChI=1S/C17H17BrN4O2/c1-22-15-5-4-12(18)11-14(15)17(21-22)24-10-2-3-16(23)20-13-6-8-19-9-7-13/h4-9,11H,2-3,10H2,1H3,(H,19,20,23). The van der Waals surface area contributed by atoms with E-state index in [4.69, 9.17) is 4.74 Å². The molecule has 0 atom stereocenters. The first-order chi connectivity index (χ1) is 11.6. The molecule has 2 heterocycles.